The van der Waals surface area contributed by atoms with Gasteiger partial charge in [0.2, 0.25) is 0 Å². The third-order valence-electron chi connectivity index (χ3n) is 9.88. The van der Waals surface area contributed by atoms with Crippen LogP contribution < -0.4 is 16.0 Å². The maximum atomic E-state index is 10.1. The molecule has 3 atom stereocenters. The summed E-state index contributed by atoms with van der Waals surface area (Å²) < 4.78 is 3.05. The Morgan fingerprint density at radius 1 is 0.600 bits per heavy atom. The van der Waals surface area contributed by atoms with E-state index in [0.29, 0.717) is 35.0 Å². The molecular weight excluding hydrogens is 963 g/mol. The Morgan fingerprint density at radius 2 is 1.00 bits per heavy atom. The summed E-state index contributed by atoms with van der Waals surface area (Å²) >= 11 is 6.72. The molecule has 3 aliphatic carbocycles. The predicted molar refractivity (Wildman–Crippen MR) is 239 cm³/mol. The number of hydrogen-bond donors (Lipinski definition) is 6. The Hall–Kier alpha value is -0.870. The SMILES string of the molecule is CNC.CNC.CNCc1c(O)c(I)cc2c1CCCC2C.Cc1c(O)c(I)cc2c1CCCC2C.Cc1cc2c(c(I)c1O)CCCC2C. The third kappa shape index (κ3) is 11.8. The lowest BCUT2D eigenvalue weighted by atomic mass is 9.81. The first-order valence-corrected chi connectivity index (χ1v) is 21.3. The van der Waals surface area contributed by atoms with Gasteiger partial charge in [0.05, 0.1) is 10.7 Å². The standard InChI is InChI=1S/C13H18INO.2C12H15IO.2C2H7N/c1-8-4-3-5-9-10(8)6-12(14)13(16)11(9)7-15-2;1-7-4-3-5-9-8(2)12(14)11(13)6-10(7)9;1-7-4-3-5-9-10(7)6-8(2)12(14)11(9)13;2*1-3-2/h6,8,15-16H,3-5,7H2,1-2H3;2*6-7,14H,3-5H2,1-2H3;2*3H,1-2H3. The fraction of sp³-hybridized carbons (Fsp3) is 0.561. The number of benzene rings is 3. The first kappa shape index (κ1) is 45.3. The number of halogens is 3. The Labute approximate surface area is 344 Å². The van der Waals surface area contributed by atoms with Crippen molar-refractivity contribution in [2.45, 2.75) is 117 Å². The average Bonchev–Trinajstić information content (AvgIpc) is 3.08. The highest BCUT2D eigenvalue weighted by atomic mass is 127. The number of fused-ring (bicyclic) bond motifs is 3. The molecule has 0 fully saturated rings. The minimum atomic E-state index is 0.475. The van der Waals surface area contributed by atoms with E-state index in [4.69, 9.17) is 0 Å². The van der Waals surface area contributed by atoms with Crippen LogP contribution in [-0.4, -0.2) is 50.6 Å². The van der Waals surface area contributed by atoms with Crippen molar-refractivity contribution in [1.82, 2.24) is 16.0 Å². The van der Waals surface area contributed by atoms with Gasteiger partial charge in [-0.3, -0.25) is 0 Å². The number of aromatic hydroxyl groups is 3. The zero-order valence-electron chi connectivity index (χ0n) is 32.0. The first-order valence-electron chi connectivity index (χ1n) is 18.1. The molecule has 280 valence electrons. The van der Waals surface area contributed by atoms with Gasteiger partial charge in [-0.2, -0.15) is 0 Å². The molecule has 6 nitrogen and oxygen atoms in total. The molecule has 0 heterocycles. The molecule has 6 N–H and O–H groups in total. The van der Waals surface area contributed by atoms with Crippen LogP contribution in [-0.2, 0) is 25.8 Å². The molecule has 3 unspecified atom stereocenters. The summed E-state index contributed by atoms with van der Waals surface area (Å²) in [4.78, 5) is 0. The maximum Gasteiger partial charge on any atom is 0.133 e. The van der Waals surface area contributed by atoms with Crippen LogP contribution in [0, 0.1) is 24.6 Å². The quantitative estimate of drug-likeness (QED) is 0.143. The maximum absolute atomic E-state index is 10.1. The zero-order valence-corrected chi connectivity index (χ0v) is 38.5. The number of hydrogen-bond acceptors (Lipinski definition) is 6. The minimum Gasteiger partial charge on any atom is -0.507 e. The summed E-state index contributed by atoms with van der Waals surface area (Å²) in [6.45, 7) is 11.6. The summed E-state index contributed by atoms with van der Waals surface area (Å²) in [7, 11) is 9.43. The van der Waals surface area contributed by atoms with Crippen LogP contribution in [0.15, 0.2) is 18.2 Å². The molecule has 50 heavy (non-hydrogen) atoms. The van der Waals surface area contributed by atoms with Gasteiger partial charge in [-0.05, 0) is 249 Å². The largest absolute Gasteiger partial charge is 0.507 e. The number of phenolic OH excluding ortho intramolecular Hbond substituents is 3. The van der Waals surface area contributed by atoms with E-state index in [0.717, 1.165) is 53.2 Å². The van der Waals surface area contributed by atoms with E-state index in [1.807, 2.05) is 49.1 Å². The Balaban J connectivity index is 0.000000241. The molecule has 0 aliphatic heterocycles. The number of rotatable bonds is 2. The zero-order chi connectivity index (χ0) is 37.7. The van der Waals surface area contributed by atoms with Crippen molar-refractivity contribution in [1.29, 1.82) is 0 Å². The highest BCUT2D eigenvalue weighted by molar-refractivity contribution is 14.1. The molecule has 0 bridgehead atoms. The fourth-order valence-electron chi connectivity index (χ4n) is 7.20. The lowest BCUT2D eigenvalue weighted by Crippen LogP contribution is -2.15. The van der Waals surface area contributed by atoms with E-state index < -0.39 is 0 Å². The number of nitrogens with one attached hydrogen (secondary N) is 3. The second-order valence-electron chi connectivity index (χ2n) is 14.0. The van der Waals surface area contributed by atoms with Gasteiger partial charge in [0.15, 0.2) is 0 Å². The molecule has 0 radical (unpaired) electrons. The topological polar surface area (TPSA) is 96.8 Å². The van der Waals surface area contributed by atoms with Gasteiger partial charge in [-0.1, -0.05) is 26.8 Å². The van der Waals surface area contributed by atoms with Crippen LogP contribution in [0.1, 0.15) is 127 Å². The molecule has 0 saturated heterocycles. The summed E-state index contributed by atoms with van der Waals surface area (Å²) in [6, 6.07) is 6.48. The van der Waals surface area contributed by atoms with Crippen LogP contribution in [0.4, 0.5) is 0 Å². The number of aryl methyl sites for hydroxylation is 1. The van der Waals surface area contributed by atoms with E-state index in [1.165, 1.54) is 71.9 Å². The van der Waals surface area contributed by atoms with Crippen molar-refractivity contribution in [3.05, 3.63) is 79.0 Å². The van der Waals surface area contributed by atoms with E-state index in [1.54, 1.807) is 0 Å². The molecule has 3 aromatic carbocycles. The van der Waals surface area contributed by atoms with E-state index in [-0.39, 0.29) is 0 Å². The van der Waals surface area contributed by atoms with Crippen molar-refractivity contribution in [2.24, 2.45) is 0 Å². The molecule has 3 aliphatic rings. The van der Waals surface area contributed by atoms with Crippen molar-refractivity contribution in [2.75, 3.05) is 35.2 Å². The van der Waals surface area contributed by atoms with Crippen molar-refractivity contribution in [3.8, 4) is 17.2 Å². The smallest absolute Gasteiger partial charge is 0.133 e. The highest BCUT2D eigenvalue weighted by Gasteiger charge is 2.24. The molecule has 0 spiro atoms. The van der Waals surface area contributed by atoms with Crippen LogP contribution in [0.25, 0.3) is 0 Å². The Bertz CT molecular complexity index is 1470. The normalized spacial score (nSPS) is 18.5. The molecular formula is C41H62I3N3O3. The summed E-state index contributed by atoms with van der Waals surface area (Å²) in [5.74, 6) is 3.39. The molecule has 3 aromatic rings. The van der Waals surface area contributed by atoms with Crippen molar-refractivity contribution >= 4 is 67.8 Å². The highest BCUT2D eigenvalue weighted by Crippen LogP contribution is 2.41. The molecule has 0 amide bonds. The fourth-order valence-corrected chi connectivity index (χ4v) is 9.61. The summed E-state index contributed by atoms with van der Waals surface area (Å²) in [5, 5.41) is 38.5. The molecule has 0 saturated carbocycles. The molecule has 0 aromatic heterocycles. The average molecular weight is 1030 g/mol. The lowest BCUT2D eigenvalue weighted by molar-refractivity contribution is 0.457. The van der Waals surface area contributed by atoms with Crippen LogP contribution in [0.3, 0.4) is 0 Å². The van der Waals surface area contributed by atoms with Gasteiger partial charge in [0, 0.05) is 12.1 Å². The van der Waals surface area contributed by atoms with Crippen LogP contribution >= 0.6 is 67.8 Å². The van der Waals surface area contributed by atoms with E-state index in [2.05, 4.69) is 123 Å². The second-order valence-corrected chi connectivity index (χ2v) is 17.4. The lowest BCUT2D eigenvalue weighted by Gasteiger charge is -2.26. The summed E-state index contributed by atoms with van der Waals surface area (Å²) in [6.07, 6.45) is 11.0. The Kier molecular flexibility index (Phi) is 20.3. The van der Waals surface area contributed by atoms with Crippen LogP contribution in [0.2, 0.25) is 0 Å². The van der Waals surface area contributed by atoms with Crippen molar-refractivity contribution < 1.29 is 15.3 Å². The molecule has 6 rings (SSSR count). The minimum absolute atomic E-state index is 0.475. The third-order valence-corrected chi connectivity index (χ3v) is 12.7. The van der Waals surface area contributed by atoms with Crippen molar-refractivity contribution in [3.63, 3.8) is 0 Å². The Morgan fingerprint density at radius 3 is 1.48 bits per heavy atom. The number of phenols is 3. The summed E-state index contributed by atoms with van der Waals surface area (Å²) in [5.41, 5.74) is 11.7. The first-order chi connectivity index (χ1) is 23.7. The van der Waals surface area contributed by atoms with E-state index >= 15 is 0 Å². The monoisotopic (exact) mass is 1030 g/mol. The van der Waals surface area contributed by atoms with Gasteiger partial charge < -0.3 is 31.3 Å². The van der Waals surface area contributed by atoms with E-state index in [9.17, 15) is 15.3 Å². The second kappa shape index (κ2) is 22.4. The van der Waals surface area contributed by atoms with Gasteiger partial charge >= 0.3 is 0 Å². The van der Waals surface area contributed by atoms with Gasteiger partial charge in [0.25, 0.3) is 0 Å². The van der Waals surface area contributed by atoms with Gasteiger partial charge in [0.1, 0.15) is 17.2 Å². The predicted octanol–water partition coefficient (Wildman–Crippen LogP) is 10.3. The van der Waals surface area contributed by atoms with Gasteiger partial charge in [-0.25, -0.2) is 0 Å². The molecule has 9 heteroatoms. The van der Waals surface area contributed by atoms with Gasteiger partial charge in [-0.15, -0.1) is 0 Å². The van der Waals surface area contributed by atoms with Crippen LogP contribution in [0.5, 0.6) is 17.2 Å².